The van der Waals surface area contributed by atoms with Crippen molar-refractivity contribution >= 4 is 28.7 Å². The molecule has 0 radical (unpaired) electrons. The first-order chi connectivity index (χ1) is 15.2. The smallest absolute Gasteiger partial charge is 0.257 e. The Bertz CT molecular complexity index is 1060. The molecule has 5 rings (SSSR count). The van der Waals surface area contributed by atoms with Gasteiger partial charge in [-0.1, -0.05) is 6.07 Å². The Balaban J connectivity index is 1.27. The molecule has 31 heavy (non-hydrogen) atoms. The summed E-state index contributed by atoms with van der Waals surface area (Å²) in [5.41, 5.74) is 2.84. The van der Waals surface area contributed by atoms with Crippen molar-refractivity contribution < 1.29 is 9.59 Å². The maximum atomic E-state index is 13.0. The van der Waals surface area contributed by atoms with Crippen LogP contribution in [0, 0.1) is 0 Å². The Labute approximate surface area is 186 Å². The highest BCUT2D eigenvalue weighted by Crippen LogP contribution is 2.30. The summed E-state index contributed by atoms with van der Waals surface area (Å²) in [5.74, 6) is 0.728. The molecule has 0 saturated carbocycles. The van der Waals surface area contributed by atoms with Crippen molar-refractivity contribution in [2.75, 3.05) is 26.2 Å². The van der Waals surface area contributed by atoms with Crippen LogP contribution in [0.3, 0.4) is 0 Å². The summed E-state index contributed by atoms with van der Waals surface area (Å²) < 4.78 is 1.81. The molecule has 0 aliphatic carbocycles. The molecule has 7 heteroatoms. The Morgan fingerprint density at radius 2 is 1.84 bits per heavy atom. The summed E-state index contributed by atoms with van der Waals surface area (Å²) in [5, 5.41) is 6.43. The summed E-state index contributed by atoms with van der Waals surface area (Å²) in [7, 11) is 0. The Morgan fingerprint density at radius 3 is 2.58 bits per heavy atom. The molecule has 2 saturated heterocycles. The SMILES string of the molecule is O=C(Cc1cccs1)N1CCC(c2ccn3ncc(C(=O)N4CCCCC4)c3c2)CC1. The number of rotatable bonds is 4. The molecule has 2 fully saturated rings. The molecular formula is C24H28N4O2S. The number of carbonyl (C=O) groups is 2. The third kappa shape index (κ3) is 4.24. The average molecular weight is 437 g/mol. The van der Waals surface area contributed by atoms with E-state index in [4.69, 9.17) is 0 Å². The molecule has 5 heterocycles. The zero-order chi connectivity index (χ0) is 21.2. The summed E-state index contributed by atoms with van der Waals surface area (Å²) in [6, 6.07) is 8.27. The highest BCUT2D eigenvalue weighted by molar-refractivity contribution is 7.10. The minimum absolute atomic E-state index is 0.0980. The molecule has 0 atom stereocenters. The van der Waals surface area contributed by atoms with E-state index >= 15 is 0 Å². The van der Waals surface area contributed by atoms with Crippen molar-refractivity contribution in [1.82, 2.24) is 19.4 Å². The van der Waals surface area contributed by atoms with Crippen molar-refractivity contribution in [1.29, 1.82) is 0 Å². The van der Waals surface area contributed by atoms with Crippen LogP contribution < -0.4 is 0 Å². The normalized spacial score (nSPS) is 17.9. The number of piperidine rings is 2. The van der Waals surface area contributed by atoms with Crippen molar-refractivity contribution in [2.24, 2.45) is 0 Å². The van der Waals surface area contributed by atoms with E-state index in [9.17, 15) is 9.59 Å². The molecule has 0 unspecified atom stereocenters. The van der Waals surface area contributed by atoms with Crippen LogP contribution in [-0.4, -0.2) is 57.4 Å². The molecule has 0 spiro atoms. The number of carbonyl (C=O) groups excluding carboxylic acids is 2. The number of likely N-dealkylation sites (tertiary alicyclic amines) is 2. The number of thiophene rings is 1. The van der Waals surface area contributed by atoms with Gasteiger partial charge in [-0.15, -0.1) is 11.3 Å². The van der Waals surface area contributed by atoms with E-state index in [2.05, 4.69) is 17.2 Å². The molecule has 2 aliphatic heterocycles. The lowest BCUT2D eigenvalue weighted by Gasteiger charge is -2.32. The Kier molecular flexibility index (Phi) is 5.76. The second kappa shape index (κ2) is 8.83. The van der Waals surface area contributed by atoms with Crippen LogP contribution in [0.4, 0.5) is 0 Å². The van der Waals surface area contributed by atoms with Crippen LogP contribution >= 0.6 is 11.3 Å². The number of aromatic nitrogens is 2. The van der Waals surface area contributed by atoms with Gasteiger partial charge in [0.15, 0.2) is 0 Å². The largest absolute Gasteiger partial charge is 0.342 e. The van der Waals surface area contributed by atoms with E-state index in [0.717, 1.165) is 62.3 Å². The highest BCUT2D eigenvalue weighted by atomic mass is 32.1. The van der Waals surface area contributed by atoms with Gasteiger partial charge in [0.25, 0.3) is 5.91 Å². The fraction of sp³-hybridized carbons (Fsp3) is 0.458. The van der Waals surface area contributed by atoms with Crippen molar-refractivity contribution in [3.8, 4) is 0 Å². The van der Waals surface area contributed by atoms with Gasteiger partial charge in [0.2, 0.25) is 5.91 Å². The first kappa shape index (κ1) is 20.2. The third-order valence-electron chi connectivity index (χ3n) is 6.64. The number of hydrogen-bond donors (Lipinski definition) is 0. The predicted molar refractivity (Wildman–Crippen MR) is 122 cm³/mol. The maximum Gasteiger partial charge on any atom is 0.257 e. The molecule has 2 aliphatic rings. The van der Waals surface area contributed by atoms with E-state index in [0.29, 0.717) is 17.9 Å². The molecule has 0 bridgehead atoms. The average Bonchev–Trinajstić information content (AvgIpc) is 3.48. The zero-order valence-corrected chi connectivity index (χ0v) is 18.5. The molecule has 2 amide bonds. The van der Waals surface area contributed by atoms with Crippen LogP contribution in [0.25, 0.3) is 5.52 Å². The van der Waals surface area contributed by atoms with Gasteiger partial charge < -0.3 is 9.80 Å². The standard InChI is InChI=1S/C24H28N4O2S/c29-23(16-20-5-4-14-31-20)26-11-6-18(7-12-26)19-8-13-28-22(15-19)21(17-25-28)24(30)27-9-2-1-3-10-27/h4-5,8,13-15,17-18H,1-3,6-7,9-12,16H2. The second-order valence-electron chi connectivity index (χ2n) is 8.61. The topological polar surface area (TPSA) is 57.9 Å². The minimum Gasteiger partial charge on any atom is -0.342 e. The number of nitrogens with zero attached hydrogens (tertiary/aromatic N) is 4. The number of hydrogen-bond acceptors (Lipinski definition) is 4. The Hall–Kier alpha value is -2.67. The van der Waals surface area contributed by atoms with Crippen molar-refractivity contribution in [2.45, 2.75) is 44.4 Å². The summed E-state index contributed by atoms with van der Waals surface area (Å²) in [4.78, 5) is 30.7. The second-order valence-corrected chi connectivity index (χ2v) is 9.64. The van der Waals surface area contributed by atoms with Crippen LogP contribution in [-0.2, 0) is 11.2 Å². The molecular weight excluding hydrogens is 408 g/mol. The fourth-order valence-electron chi connectivity index (χ4n) is 4.82. The van der Waals surface area contributed by atoms with Crippen LogP contribution in [0.15, 0.2) is 42.0 Å². The predicted octanol–water partition coefficient (Wildman–Crippen LogP) is 3.97. The van der Waals surface area contributed by atoms with E-state index in [1.807, 2.05) is 33.5 Å². The maximum absolute atomic E-state index is 13.0. The van der Waals surface area contributed by atoms with Gasteiger partial charge in [-0.25, -0.2) is 4.52 Å². The zero-order valence-electron chi connectivity index (χ0n) is 17.7. The van der Waals surface area contributed by atoms with Crippen LogP contribution in [0.5, 0.6) is 0 Å². The molecule has 3 aromatic rings. The third-order valence-corrected chi connectivity index (χ3v) is 7.52. The van der Waals surface area contributed by atoms with Crippen LogP contribution in [0.2, 0.25) is 0 Å². The quantitative estimate of drug-likeness (QED) is 0.622. The number of pyridine rings is 1. The highest BCUT2D eigenvalue weighted by Gasteiger charge is 2.26. The first-order valence-corrected chi connectivity index (χ1v) is 12.1. The lowest BCUT2D eigenvalue weighted by atomic mass is 9.89. The van der Waals surface area contributed by atoms with Crippen molar-refractivity contribution in [3.63, 3.8) is 0 Å². The van der Waals surface area contributed by atoms with E-state index in [-0.39, 0.29) is 11.8 Å². The van der Waals surface area contributed by atoms with Gasteiger partial charge in [0, 0.05) is 37.3 Å². The van der Waals surface area contributed by atoms with Gasteiger partial charge in [-0.05, 0) is 67.2 Å². The molecule has 0 aromatic carbocycles. The van der Waals surface area contributed by atoms with Gasteiger partial charge >= 0.3 is 0 Å². The van der Waals surface area contributed by atoms with E-state index in [1.54, 1.807) is 22.0 Å². The molecule has 162 valence electrons. The lowest BCUT2D eigenvalue weighted by Crippen LogP contribution is -2.38. The van der Waals surface area contributed by atoms with Gasteiger partial charge in [0.05, 0.1) is 23.7 Å². The number of fused-ring (bicyclic) bond motifs is 1. The molecule has 0 N–H and O–H groups in total. The monoisotopic (exact) mass is 436 g/mol. The van der Waals surface area contributed by atoms with E-state index < -0.39 is 0 Å². The fourth-order valence-corrected chi connectivity index (χ4v) is 5.52. The van der Waals surface area contributed by atoms with Crippen molar-refractivity contribution in [3.05, 3.63) is 58.0 Å². The Morgan fingerprint density at radius 1 is 1.03 bits per heavy atom. The minimum atomic E-state index is 0.0980. The van der Waals surface area contributed by atoms with Gasteiger partial charge in [-0.2, -0.15) is 5.10 Å². The first-order valence-electron chi connectivity index (χ1n) is 11.3. The van der Waals surface area contributed by atoms with Gasteiger partial charge in [-0.3, -0.25) is 9.59 Å². The number of amides is 2. The molecule has 6 nitrogen and oxygen atoms in total. The summed E-state index contributed by atoms with van der Waals surface area (Å²) >= 11 is 1.64. The summed E-state index contributed by atoms with van der Waals surface area (Å²) in [6.45, 7) is 3.26. The lowest BCUT2D eigenvalue weighted by molar-refractivity contribution is -0.131. The summed E-state index contributed by atoms with van der Waals surface area (Å²) in [6.07, 6.45) is 9.46. The molecule has 3 aromatic heterocycles. The van der Waals surface area contributed by atoms with Crippen LogP contribution in [0.1, 0.15) is 58.8 Å². The van der Waals surface area contributed by atoms with Gasteiger partial charge in [0.1, 0.15) is 0 Å². The van der Waals surface area contributed by atoms with E-state index in [1.165, 1.54) is 12.0 Å².